The van der Waals surface area contributed by atoms with Gasteiger partial charge in [-0.05, 0) is 41.3 Å². The van der Waals surface area contributed by atoms with Gasteiger partial charge in [0.2, 0.25) is 10.0 Å². The maximum atomic E-state index is 12.7. The Kier molecular flexibility index (Phi) is 5.34. The second-order valence-electron chi connectivity index (χ2n) is 5.04. The molecule has 2 heterocycles. The number of nitrogens with zero attached hydrogens (tertiary/aromatic N) is 2. The molecule has 1 fully saturated rings. The molecule has 1 atom stereocenters. The third-order valence-corrected chi connectivity index (χ3v) is 5.90. The van der Waals surface area contributed by atoms with Crippen LogP contribution in [0.15, 0.2) is 27.8 Å². The Bertz CT molecular complexity index is 620. The second-order valence-corrected chi connectivity index (χ2v) is 7.84. The summed E-state index contributed by atoms with van der Waals surface area (Å²) in [4.78, 5) is 14.8. The lowest BCUT2D eigenvalue weighted by molar-refractivity contribution is -0.137. The van der Waals surface area contributed by atoms with Crippen LogP contribution in [0, 0.1) is 0 Å². The summed E-state index contributed by atoms with van der Waals surface area (Å²) >= 11 is 3.22. The van der Waals surface area contributed by atoms with Crippen molar-refractivity contribution in [3.8, 4) is 0 Å². The Balaban J connectivity index is 2.25. The Morgan fingerprint density at radius 2 is 2.19 bits per heavy atom. The lowest BCUT2D eigenvalue weighted by Crippen LogP contribution is -2.43. The van der Waals surface area contributed by atoms with Gasteiger partial charge in [0.25, 0.3) is 0 Å². The maximum absolute atomic E-state index is 12.7. The lowest BCUT2D eigenvalue weighted by Gasteiger charge is -2.34. The number of aliphatic carboxylic acids is 1. The van der Waals surface area contributed by atoms with Gasteiger partial charge in [-0.25, -0.2) is 8.42 Å². The van der Waals surface area contributed by atoms with Gasteiger partial charge in [0.1, 0.15) is 4.90 Å². The molecule has 0 aliphatic carbocycles. The first-order valence-electron chi connectivity index (χ1n) is 6.75. The highest BCUT2D eigenvalue weighted by molar-refractivity contribution is 9.10. The highest BCUT2D eigenvalue weighted by Gasteiger charge is 2.33. The molecule has 0 saturated carbocycles. The van der Waals surface area contributed by atoms with Crippen LogP contribution in [0.1, 0.15) is 32.1 Å². The largest absolute Gasteiger partial charge is 0.481 e. The number of rotatable bonds is 5. The molecule has 1 aliphatic rings. The standard InChI is InChI=1S/C13H17BrN2O4S/c14-10-7-12(9-15-8-10)21(19,20)16-6-2-1-3-11(16)4-5-13(17)18/h7-9,11H,1-6H2,(H,17,18). The Morgan fingerprint density at radius 1 is 1.43 bits per heavy atom. The normalized spacial score (nSPS) is 20.3. The fraction of sp³-hybridized carbons (Fsp3) is 0.538. The SMILES string of the molecule is O=C(O)CCC1CCCCN1S(=O)(=O)c1cncc(Br)c1. The van der Waals surface area contributed by atoms with Gasteiger partial charge in [0.15, 0.2) is 0 Å². The molecule has 1 N–H and O–H groups in total. The second kappa shape index (κ2) is 6.85. The predicted molar refractivity (Wildman–Crippen MR) is 80.3 cm³/mol. The number of halogens is 1. The van der Waals surface area contributed by atoms with Crippen LogP contribution in [-0.4, -0.2) is 41.4 Å². The Morgan fingerprint density at radius 3 is 2.86 bits per heavy atom. The van der Waals surface area contributed by atoms with Crippen LogP contribution in [0.5, 0.6) is 0 Å². The van der Waals surface area contributed by atoms with Gasteiger partial charge in [-0.3, -0.25) is 9.78 Å². The molecule has 1 saturated heterocycles. The smallest absolute Gasteiger partial charge is 0.303 e. The number of piperidine rings is 1. The molecule has 116 valence electrons. The number of carboxylic acids is 1. The molecule has 8 heteroatoms. The van der Waals surface area contributed by atoms with Crippen LogP contribution in [0.3, 0.4) is 0 Å². The van der Waals surface area contributed by atoms with Crippen LogP contribution < -0.4 is 0 Å². The zero-order valence-electron chi connectivity index (χ0n) is 11.4. The summed E-state index contributed by atoms with van der Waals surface area (Å²) < 4.78 is 27.5. The van der Waals surface area contributed by atoms with Crippen molar-refractivity contribution in [1.82, 2.24) is 9.29 Å². The van der Waals surface area contributed by atoms with Crippen molar-refractivity contribution in [2.24, 2.45) is 0 Å². The third-order valence-electron chi connectivity index (χ3n) is 3.55. The summed E-state index contributed by atoms with van der Waals surface area (Å²) in [6.45, 7) is 0.430. The molecule has 0 spiro atoms. The molecule has 0 bridgehead atoms. The third kappa shape index (κ3) is 4.02. The summed E-state index contributed by atoms with van der Waals surface area (Å²) in [5, 5.41) is 8.80. The highest BCUT2D eigenvalue weighted by atomic mass is 79.9. The van der Waals surface area contributed by atoms with Gasteiger partial charge in [-0.15, -0.1) is 0 Å². The average Bonchev–Trinajstić information content (AvgIpc) is 2.45. The van der Waals surface area contributed by atoms with Crippen molar-refractivity contribution in [1.29, 1.82) is 0 Å². The molecule has 21 heavy (non-hydrogen) atoms. The van der Waals surface area contributed by atoms with Gasteiger partial charge in [0, 0.05) is 35.9 Å². The van der Waals surface area contributed by atoms with Crippen LogP contribution in [-0.2, 0) is 14.8 Å². The molecule has 0 amide bonds. The first-order chi connectivity index (χ1) is 9.91. The molecular weight excluding hydrogens is 360 g/mol. The van der Waals surface area contributed by atoms with E-state index in [2.05, 4.69) is 20.9 Å². The van der Waals surface area contributed by atoms with E-state index in [-0.39, 0.29) is 17.4 Å². The van der Waals surface area contributed by atoms with Crippen molar-refractivity contribution in [3.05, 3.63) is 22.9 Å². The predicted octanol–water partition coefficient (Wildman–Crippen LogP) is 2.25. The van der Waals surface area contributed by atoms with E-state index < -0.39 is 16.0 Å². The zero-order valence-corrected chi connectivity index (χ0v) is 13.8. The van der Waals surface area contributed by atoms with E-state index in [0.717, 1.165) is 12.8 Å². The monoisotopic (exact) mass is 376 g/mol. The number of carbonyl (C=O) groups is 1. The minimum Gasteiger partial charge on any atom is -0.481 e. The topological polar surface area (TPSA) is 87.6 Å². The number of carboxylic acid groups (broad SMARTS) is 1. The molecule has 0 radical (unpaired) electrons. The average molecular weight is 377 g/mol. The quantitative estimate of drug-likeness (QED) is 0.851. The fourth-order valence-electron chi connectivity index (χ4n) is 2.54. The van der Waals surface area contributed by atoms with Crippen LogP contribution >= 0.6 is 15.9 Å². The van der Waals surface area contributed by atoms with Crippen molar-refractivity contribution >= 4 is 31.9 Å². The number of hydrogen-bond donors (Lipinski definition) is 1. The van der Waals surface area contributed by atoms with Gasteiger partial charge >= 0.3 is 5.97 Å². The number of aromatic nitrogens is 1. The van der Waals surface area contributed by atoms with Crippen molar-refractivity contribution in [3.63, 3.8) is 0 Å². The summed E-state index contributed by atoms with van der Waals surface area (Å²) in [6, 6.07) is 1.27. The molecule has 6 nitrogen and oxygen atoms in total. The van der Waals surface area contributed by atoms with E-state index in [4.69, 9.17) is 5.11 Å². The summed E-state index contributed by atoms with van der Waals surface area (Å²) in [7, 11) is -3.63. The molecule has 2 rings (SSSR count). The van der Waals surface area contributed by atoms with Gasteiger partial charge in [-0.2, -0.15) is 4.31 Å². The van der Waals surface area contributed by atoms with E-state index in [9.17, 15) is 13.2 Å². The lowest BCUT2D eigenvalue weighted by atomic mass is 10.0. The summed E-state index contributed by atoms with van der Waals surface area (Å²) in [5.41, 5.74) is 0. The van der Waals surface area contributed by atoms with Crippen molar-refractivity contribution in [2.45, 2.75) is 43.0 Å². The van der Waals surface area contributed by atoms with E-state index in [1.54, 1.807) is 0 Å². The zero-order chi connectivity index (χ0) is 15.5. The minimum absolute atomic E-state index is 0.0204. The fourth-order valence-corrected chi connectivity index (χ4v) is 4.77. The maximum Gasteiger partial charge on any atom is 0.303 e. The molecule has 0 aromatic carbocycles. The van der Waals surface area contributed by atoms with E-state index in [1.165, 1.54) is 22.8 Å². The van der Waals surface area contributed by atoms with Gasteiger partial charge in [-0.1, -0.05) is 6.42 Å². The Labute approximate surface area is 132 Å². The van der Waals surface area contributed by atoms with Crippen LogP contribution in [0.4, 0.5) is 0 Å². The molecule has 1 aromatic rings. The molecule has 1 unspecified atom stereocenters. The molecular formula is C13H17BrN2O4S. The van der Waals surface area contributed by atoms with E-state index in [1.807, 2.05) is 0 Å². The number of hydrogen-bond acceptors (Lipinski definition) is 4. The van der Waals surface area contributed by atoms with Gasteiger partial charge in [0.05, 0.1) is 0 Å². The van der Waals surface area contributed by atoms with E-state index in [0.29, 0.717) is 23.9 Å². The highest BCUT2D eigenvalue weighted by Crippen LogP contribution is 2.28. The first-order valence-corrected chi connectivity index (χ1v) is 8.99. The van der Waals surface area contributed by atoms with Crippen molar-refractivity contribution < 1.29 is 18.3 Å². The minimum atomic E-state index is -3.63. The summed E-state index contributed by atoms with van der Waals surface area (Å²) in [6.07, 6.45) is 5.59. The first kappa shape index (κ1) is 16.4. The van der Waals surface area contributed by atoms with Crippen LogP contribution in [0.2, 0.25) is 0 Å². The van der Waals surface area contributed by atoms with Crippen LogP contribution in [0.25, 0.3) is 0 Å². The molecule has 1 aliphatic heterocycles. The van der Waals surface area contributed by atoms with Gasteiger partial charge < -0.3 is 5.11 Å². The van der Waals surface area contributed by atoms with E-state index >= 15 is 0 Å². The molecule has 1 aromatic heterocycles. The Hall–Kier alpha value is -0.990. The number of pyridine rings is 1. The summed E-state index contributed by atoms with van der Waals surface area (Å²) in [5.74, 6) is -0.901. The number of sulfonamides is 1. The van der Waals surface area contributed by atoms with Crippen molar-refractivity contribution in [2.75, 3.05) is 6.54 Å².